The molecule has 0 bridgehead atoms. The Hall–Kier alpha value is -0.720. The van der Waals surface area contributed by atoms with Gasteiger partial charge in [-0.2, -0.15) is 0 Å². The van der Waals surface area contributed by atoms with Crippen LogP contribution in [0, 0.1) is 0 Å². The van der Waals surface area contributed by atoms with Gasteiger partial charge in [0, 0.05) is 10.2 Å². The van der Waals surface area contributed by atoms with Crippen molar-refractivity contribution < 1.29 is 4.79 Å². The van der Waals surface area contributed by atoms with Crippen LogP contribution in [-0.2, 0) is 4.79 Å². The lowest BCUT2D eigenvalue weighted by molar-refractivity contribution is -0.107. The normalized spacial score (nSPS) is 17.1. The summed E-state index contributed by atoms with van der Waals surface area (Å²) in [7, 11) is 0.823. The molecule has 1 aliphatic heterocycles. The van der Waals surface area contributed by atoms with Gasteiger partial charge in [0.15, 0.2) is 0 Å². The molecule has 1 aromatic rings. The number of rotatable bonds is 1. The number of thiophene rings is 1. The summed E-state index contributed by atoms with van der Waals surface area (Å²) in [5.74, 6) is 0. The van der Waals surface area contributed by atoms with E-state index in [2.05, 4.69) is 0 Å². The summed E-state index contributed by atoms with van der Waals surface area (Å²) in [5.41, 5.74) is 0.188. The maximum Gasteiger partial charge on any atom is 0.204 e. The number of hydrogen-bond acceptors (Lipinski definition) is 2. The Morgan fingerprint density at radius 2 is 2.27 bits per heavy atom. The third-order valence-electron chi connectivity index (χ3n) is 1.39. The molecule has 0 aliphatic carbocycles. The van der Waals surface area contributed by atoms with E-state index in [9.17, 15) is 4.79 Å². The quantitative estimate of drug-likeness (QED) is 0.606. The van der Waals surface area contributed by atoms with E-state index in [1.165, 1.54) is 4.88 Å². The molecule has 0 radical (unpaired) electrons. The molecule has 0 amide bonds. The largest absolute Gasteiger partial charge is 0.285 e. The van der Waals surface area contributed by atoms with E-state index < -0.39 is 0 Å². The number of hydrogen-bond donors (Lipinski definition) is 0. The summed E-state index contributed by atoms with van der Waals surface area (Å²) in [4.78, 5) is 12.0. The molecule has 0 saturated carbocycles. The van der Waals surface area contributed by atoms with E-state index in [0.29, 0.717) is 0 Å². The molecule has 0 spiro atoms. The molecular weight excluding hydrogens is 175 g/mol. The van der Waals surface area contributed by atoms with Crippen LogP contribution in [0.3, 0.4) is 0 Å². The molecule has 1 aliphatic rings. The average molecular weight is 180 g/mol. The standard InChI is InChI=1S/C8H5OPS/c9-8-4-3-6(10-8)7-2-1-5-11-7/h1-5H. The Bertz CT molecular complexity index is 335. The summed E-state index contributed by atoms with van der Waals surface area (Å²) in [6, 6.07) is 4.04. The Morgan fingerprint density at radius 3 is 2.82 bits per heavy atom. The molecular formula is C8H5OPS. The molecule has 2 rings (SSSR count). The van der Waals surface area contributed by atoms with Crippen molar-refractivity contribution in [3.05, 3.63) is 34.5 Å². The topological polar surface area (TPSA) is 17.1 Å². The molecule has 0 unspecified atom stereocenters. The summed E-state index contributed by atoms with van der Waals surface area (Å²) < 4.78 is 0. The minimum absolute atomic E-state index is 0.188. The van der Waals surface area contributed by atoms with Crippen molar-refractivity contribution in [1.29, 1.82) is 0 Å². The fourth-order valence-corrected chi connectivity index (χ4v) is 2.57. The van der Waals surface area contributed by atoms with E-state index in [1.54, 1.807) is 17.4 Å². The number of carbonyl (C=O) groups excluding carboxylic acids is 1. The first-order valence-electron chi connectivity index (χ1n) is 3.21. The van der Waals surface area contributed by atoms with Gasteiger partial charge >= 0.3 is 0 Å². The Balaban J connectivity index is 2.40. The first-order valence-corrected chi connectivity index (χ1v) is 4.98. The van der Waals surface area contributed by atoms with Gasteiger partial charge in [-0.3, -0.25) is 4.79 Å². The van der Waals surface area contributed by atoms with E-state index in [1.807, 2.05) is 23.6 Å². The van der Waals surface area contributed by atoms with Crippen molar-refractivity contribution in [3.63, 3.8) is 0 Å². The van der Waals surface area contributed by atoms with Gasteiger partial charge in [-0.15, -0.1) is 11.3 Å². The number of allylic oxidation sites excluding steroid dienone is 2. The molecule has 1 nitrogen and oxygen atoms in total. The first kappa shape index (κ1) is 6.96. The zero-order valence-corrected chi connectivity index (χ0v) is 7.36. The van der Waals surface area contributed by atoms with Crippen LogP contribution in [0.5, 0.6) is 0 Å². The Labute approximate surface area is 70.2 Å². The Kier molecular flexibility index (Phi) is 1.72. The van der Waals surface area contributed by atoms with E-state index in [0.717, 1.165) is 13.5 Å². The van der Waals surface area contributed by atoms with Gasteiger partial charge in [0.1, 0.15) is 0 Å². The zero-order chi connectivity index (χ0) is 7.68. The average Bonchev–Trinajstić information content (AvgIpc) is 2.55. The maximum absolute atomic E-state index is 10.8. The highest BCUT2D eigenvalue weighted by Gasteiger charge is 2.07. The van der Waals surface area contributed by atoms with Crippen LogP contribution in [-0.4, -0.2) is 10.8 Å². The van der Waals surface area contributed by atoms with E-state index >= 15 is 0 Å². The summed E-state index contributed by atoms with van der Waals surface area (Å²) in [6.45, 7) is 0. The fourth-order valence-electron chi connectivity index (χ4n) is 0.905. The predicted molar refractivity (Wildman–Crippen MR) is 49.5 cm³/mol. The van der Waals surface area contributed by atoms with Crippen LogP contribution in [0.15, 0.2) is 29.7 Å². The second-order valence-corrected chi connectivity index (χ2v) is 4.24. The fraction of sp³-hybridized carbons (Fsp3) is 0. The van der Waals surface area contributed by atoms with Gasteiger partial charge < -0.3 is 0 Å². The smallest absolute Gasteiger partial charge is 0.204 e. The highest BCUT2D eigenvalue weighted by Crippen LogP contribution is 2.21. The first-order chi connectivity index (χ1) is 5.36. The zero-order valence-electron chi connectivity index (χ0n) is 5.65. The SMILES string of the molecule is O=C1C=CC(c2cccs2)=P1. The van der Waals surface area contributed by atoms with Gasteiger partial charge in [0.2, 0.25) is 5.52 Å². The van der Waals surface area contributed by atoms with Crippen LogP contribution >= 0.6 is 19.5 Å². The van der Waals surface area contributed by atoms with Gasteiger partial charge in [-0.1, -0.05) is 6.07 Å². The molecule has 54 valence electrons. The monoisotopic (exact) mass is 180 g/mol. The van der Waals surface area contributed by atoms with Gasteiger partial charge in [0.25, 0.3) is 0 Å². The van der Waals surface area contributed by atoms with Crippen LogP contribution in [0.4, 0.5) is 0 Å². The van der Waals surface area contributed by atoms with Crippen molar-refractivity contribution in [3.8, 4) is 0 Å². The minimum atomic E-state index is 0.188. The molecule has 0 fully saturated rings. The second kappa shape index (κ2) is 2.72. The van der Waals surface area contributed by atoms with E-state index in [4.69, 9.17) is 0 Å². The van der Waals surface area contributed by atoms with Crippen molar-refractivity contribution >= 4 is 30.4 Å². The molecule has 3 heteroatoms. The number of carbonyl (C=O) groups is 1. The molecule has 0 saturated heterocycles. The third kappa shape index (κ3) is 1.32. The van der Waals surface area contributed by atoms with Gasteiger partial charge in [-0.05, 0) is 31.8 Å². The third-order valence-corrected chi connectivity index (χ3v) is 3.44. The van der Waals surface area contributed by atoms with Gasteiger partial charge in [0.05, 0.1) is 0 Å². The molecule has 2 heterocycles. The Morgan fingerprint density at radius 1 is 1.36 bits per heavy atom. The lowest BCUT2D eigenvalue weighted by atomic mass is 10.3. The molecule has 11 heavy (non-hydrogen) atoms. The molecule has 1 aromatic heterocycles. The van der Waals surface area contributed by atoms with Crippen molar-refractivity contribution in [1.82, 2.24) is 0 Å². The van der Waals surface area contributed by atoms with Crippen LogP contribution < -0.4 is 0 Å². The van der Waals surface area contributed by atoms with Crippen molar-refractivity contribution in [2.24, 2.45) is 0 Å². The lowest BCUT2D eigenvalue weighted by Gasteiger charge is -1.87. The highest BCUT2D eigenvalue weighted by molar-refractivity contribution is 7.62. The van der Waals surface area contributed by atoms with E-state index in [-0.39, 0.29) is 5.52 Å². The van der Waals surface area contributed by atoms with Crippen molar-refractivity contribution in [2.75, 3.05) is 0 Å². The molecule has 0 aromatic carbocycles. The minimum Gasteiger partial charge on any atom is -0.285 e. The van der Waals surface area contributed by atoms with Crippen LogP contribution in [0.1, 0.15) is 4.88 Å². The summed E-state index contributed by atoms with van der Waals surface area (Å²) in [6.07, 6.45) is 3.53. The van der Waals surface area contributed by atoms with Crippen molar-refractivity contribution in [2.45, 2.75) is 0 Å². The molecule has 0 N–H and O–H groups in total. The van der Waals surface area contributed by atoms with Crippen LogP contribution in [0.25, 0.3) is 0 Å². The van der Waals surface area contributed by atoms with Crippen LogP contribution in [0.2, 0.25) is 0 Å². The molecule has 0 atom stereocenters. The lowest BCUT2D eigenvalue weighted by Crippen LogP contribution is -1.83. The predicted octanol–water partition coefficient (Wildman–Crippen LogP) is 2.31. The maximum atomic E-state index is 10.8. The van der Waals surface area contributed by atoms with Gasteiger partial charge in [-0.25, -0.2) is 0 Å². The second-order valence-electron chi connectivity index (χ2n) is 2.15. The summed E-state index contributed by atoms with van der Waals surface area (Å²) >= 11 is 1.67. The highest BCUT2D eigenvalue weighted by atomic mass is 32.1. The summed E-state index contributed by atoms with van der Waals surface area (Å²) in [5, 5.41) is 3.15.